The lowest BCUT2D eigenvalue weighted by Crippen LogP contribution is -2.14. The number of benzene rings is 1. The molecule has 0 spiro atoms. The number of hydrogen-bond donors (Lipinski definition) is 2. The zero-order chi connectivity index (χ0) is 11.7. The van der Waals surface area contributed by atoms with E-state index in [2.05, 4.69) is 5.32 Å². The molecule has 84 valence electrons. The average Bonchev–Trinajstić information content (AvgIpc) is 2.96. The summed E-state index contributed by atoms with van der Waals surface area (Å²) in [4.78, 5) is 22.3. The number of amides is 1. The summed E-state index contributed by atoms with van der Waals surface area (Å²) in [5, 5.41) is 11.5. The van der Waals surface area contributed by atoms with Gasteiger partial charge in [-0.1, -0.05) is 13.0 Å². The van der Waals surface area contributed by atoms with E-state index >= 15 is 0 Å². The third-order valence-corrected chi connectivity index (χ3v) is 2.82. The summed E-state index contributed by atoms with van der Waals surface area (Å²) < 4.78 is 0. The van der Waals surface area contributed by atoms with E-state index in [4.69, 9.17) is 5.11 Å². The van der Waals surface area contributed by atoms with Gasteiger partial charge in [0.2, 0.25) is 5.91 Å². The lowest BCUT2D eigenvalue weighted by atomic mass is 10.2. The van der Waals surface area contributed by atoms with E-state index in [1.807, 2.05) is 6.92 Å². The van der Waals surface area contributed by atoms with Crippen molar-refractivity contribution in [3.8, 4) is 0 Å². The van der Waals surface area contributed by atoms with E-state index in [0.717, 1.165) is 6.42 Å². The minimum Gasteiger partial charge on any atom is -0.478 e. The quantitative estimate of drug-likeness (QED) is 0.816. The molecule has 0 aliphatic heterocycles. The first kappa shape index (κ1) is 10.7. The highest BCUT2D eigenvalue weighted by Crippen LogP contribution is 2.38. The first-order chi connectivity index (χ1) is 7.58. The van der Waals surface area contributed by atoms with Gasteiger partial charge in [0, 0.05) is 11.6 Å². The maximum Gasteiger partial charge on any atom is 0.335 e. The molecule has 0 aromatic heterocycles. The third kappa shape index (κ3) is 2.21. The van der Waals surface area contributed by atoms with E-state index in [-0.39, 0.29) is 17.4 Å². The predicted octanol–water partition coefficient (Wildman–Crippen LogP) is 1.98. The fourth-order valence-electron chi connectivity index (χ4n) is 1.65. The summed E-state index contributed by atoms with van der Waals surface area (Å²) >= 11 is 0. The molecule has 1 aromatic rings. The van der Waals surface area contributed by atoms with Crippen LogP contribution in [0.5, 0.6) is 0 Å². The van der Waals surface area contributed by atoms with Gasteiger partial charge >= 0.3 is 5.97 Å². The number of carbonyl (C=O) groups excluding carboxylic acids is 1. The lowest BCUT2D eigenvalue weighted by molar-refractivity contribution is -0.117. The van der Waals surface area contributed by atoms with Crippen LogP contribution in [-0.4, -0.2) is 17.0 Å². The molecule has 4 heteroatoms. The molecule has 4 nitrogen and oxygen atoms in total. The van der Waals surface area contributed by atoms with E-state index in [1.54, 1.807) is 12.1 Å². The van der Waals surface area contributed by atoms with Gasteiger partial charge in [-0.2, -0.15) is 0 Å². The average molecular weight is 219 g/mol. The maximum absolute atomic E-state index is 11.6. The molecular formula is C12H13NO3. The van der Waals surface area contributed by atoms with Crippen LogP contribution in [0.1, 0.15) is 23.7 Å². The summed E-state index contributed by atoms with van der Waals surface area (Å²) in [5.74, 6) is -0.470. The van der Waals surface area contributed by atoms with Crippen LogP contribution in [-0.2, 0) is 4.79 Å². The molecule has 0 heterocycles. The highest BCUT2D eigenvalue weighted by Gasteiger charge is 2.39. The maximum atomic E-state index is 11.6. The second-order valence-electron chi connectivity index (χ2n) is 4.19. The summed E-state index contributed by atoms with van der Waals surface area (Å²) in [6.07, 6.45) is 0.921. The van der Waals surface area contributed by atoms with Crippen molar-refractivity contribution in [2.24, 2.45) is 11.8 Å². The smallest absolute Gasteiger partial charge is 0.335 e. The van der Waals surface area contributed by atoms with Crippen LogP contribution in [0.4, 0.5) is 5.69 Å². The second kappa shape index (κ2) is 3.96. The molecule has 1 amide bonds. The molecule has 16 heavy (non-hydrogen) atoms. The first-order valence-corrected chi connectivity index (χ1v) is 5.22. The fourth-order valence-corrected chi connectivity index (χ4v) is 1.65. The van der Waals surface area contributed by atoms with Crippen LogP contribution in [0, 0.1) is 11.8 Å². The Labute approximate surface area is 93.3 Å². The Bertz CT molecular complexity index is 442. The minimum absolute atomic E-state index is 0.0185. The highest BCUT2D eigenvalue weighted by atomic mass is 16.4. The van der Waals surface area contributed by atoms with Crippen LogP contribution in [0.15, 0.2) is 24.3 Å². The van der Waals surface area contributed by atoms with Gasteiger partial charge < -0.3 is 10.4 Å². The largest absolute Gasteiger partial charge is 0.478 e. The van der Waals surface area contributed by atoms with Crippen molar-refractivity contribution < 1.29 is 14.7 Å². The molecule has 1 aliphatic carbocycles. The first-order valence-electron chi connectivity index (χ1n) is 5.22. The summed E-state index contributed by atoms with van der Waals surface area (Å²) in [7, 11) is 0. The Kier molecular flexibility index (Phi) is 2.64. The van der Waals surface area contributed by atoms with Crippen LogP contribution in [0.25, 0.3) is 0 Å². The van der Waals surface area contributed by atoms with Crippen molar-refractivity contribution in [2.75, 3.05) is 5.32 Å². The Morgan fingerprint density at radius 3 is 2.69 bits per heavy atom. The van der Waals surface area contributed by atoms with Gasteiger partial charge in [0.15, 0.2) is 0 Å². The normalized spacial score (nSPS) is 22.6. The van der Waals surface area contributed by atoms with Crippen molar-refractivity contribution in [3.05, 3.63) is 29.8 Å². The van der Waals surface area contributed by atoms with Gasteiger partial charge in [0.1, 0.15) is 0 Å². The standard InChI is InChI=1S/C12H13NO3/c1-7-5-10(7)11(14)13-9-4-2-3-8(6-9)12(15)16/h2-4,6-7,10H,5H2,1H3,(H,13,14)(H,15,16)/t7-,10-/m0/s1. The molecule has 1 aliphatic rings. The molecule has 2 rings (SSSR count). The van der Waals surface area contributed by atoms with E-state index in [9.17, 15) is 9.59 Å². The summed E-state index contributed by atoms with van der Waals surface area (Å²) in [5.41, 5.74) is 0.727. The van der Waals surface area contributed by atoms with Gasteiger partial charge in [0.25, 0.3) is 0 Å². The van der Waals surface area contributed by atoms with Crippen LogP contribution in [0.2, 0.25) is 0 Å². The molecule has 0 radical (unpaired) electrons. The topological polar surface area (TPSA) is 66.4 Å². The third-order valence-electron chi connectivity index (χ3n) is 2.82. The van der Waals surface area contributed by atoms with E-state index in [1.165, 1.54) is 12.1 Å². The molecule has 0 saturated heterocycles. The predicted molar refractivity (Wildman–Crippen MR) is 59.3 cm³/mol. The number of anilines is 1. The monoisotopic (exact) mass is 219 g/mol. The summed E-state index contributed by atoms with van der Waals surface area (Å²) in [6.45, 7) is 2.03. The molecule has 0 bridgehead atoms. The fraction of sp³-hybridized carbons (Fsp3) is 0.333. The van der Waals surface area contributed by atoms with Crippen molar-refractivity contribution in [1.29, 1.82) is 0 Å². The zero-order valence-corrected chi connectivity index (χ0v) is 8.93. The number of carboxylic acids is 1. The van der Waals surface area contributed by atoms with Gasteiger partial charge in [0.05, 0.1) is 5.56 Å². The summed E-state index contributed by atoms with van der Waals surface area (Å²) in [6, 6.07) is 6.28. The van der Waals surface area contributed by atoms with Crippen molar-refractivity contribution in [3.63, 3.8) is 0 Å². The number of carboxylic acid groups (broad SMARTS) is 1. The SMILES string of the molecule is C[C@H]1C[C@@H]1C(=O)Nc1cccc(C(=O)O)c1. The molecule has 2 atom stereocenters. The number of hydrogen-bond acceptors (Lipinski definition) is 2. The van der Waals surface area contributed by atoms with Crippen molar-refractivity contribution in [2.45, 2.75) is 13.3 Å². The molecule has 2 N–H and O–H groups in total. The van der Waals surface area contributed by atoms with Crippen molar-refractivity contribution in [1.82, 2.24) is 0 Å². The molecule has 1 fully saturated rings. The Hall–Kier alpha value is -1.84. The van der Waals surface area contributed by atoms with Crippen LogP contribution < -0.4 is 5.32 Å². The van der Waals surface area contributed by atoms with Crippen molar-refractivity contribution >= 4 is 17.6 Å². The number of carbonyl (C=O) groups is 2. The Morgan fingerprint density at radius 1 is 1.44 bits per heavy atom. The number of aromatic carboxylic acids is 1. The molecule has 1 saturated carbocycles. The van der Waals surface area contributed by atoms with E-state index in [0.29, 0.717) is 11.6 Å². The Balaban J connectivity index is 2.06. The number of nitrogens with one attached hydrogen (secondary N) is 1. The molecule has 1 aromatic carbocycles. The van der Waals surface area contributed by atoms with Gasteiger partial charge in [-0.3, -0.25) is 4.79 Å². The number of rotatable bonds is 3. The molecular weight excluding hydrogens is 206 g/mol. The van der Waals surface area contributed by atoms with E-state index < -0.39 is 5.97 Å². The van der Waals surface area contributed by atoms with Gasteiger partial charge in [-0.25, -0.2) is 4.79 Å². The lowest BCUT2D eigenvalue weighted by Gasteiger charge is -2.04. The van der Waals surface area contributed by atoms with Crippen LogP contribution in [0.3, 0.4) is 0 Å². The van der Waals surface area contributed by atoms with Gasteiger partial charge in [-0.05, 0) is 30.5 Å². The zero-order valence-electron chi connectivity index (χ0n) is 8.93. The molecule has 0 unspecified atom stereocenters. The highest BCUT2D eigenvalue weighted by molar-refractivity contribution is 5.96. The van der Waals surface area contributed by atoms with Crippen LogP contribution >= 0.6 is 0 Å². The minimum atomic E-state index is -0.990. The second-order valence-corrected chi connectivity index (χ2v) is 4.19. The Morgan fingerprint density at radius 2 is 2.12 bits per heavy atom. The van der Waals surface area contributed by atoms with Gasteiger partial charge in [-0.15, -0.1) is 0 Å².